The van der Waals surface area contributed by atoms with Gasteiger partial charge in [-0.2, -0.15) is 52.7 Å². The lowest BCUT2D eigenvalue weighted by molar-refractivity contribution is -0.143. The standard InChI is InChI=1S/C73H37F6N7/c74-72(75,76)57-31-56(32-58(37-57)73(77,78)79)59-16-6-18-69(86-66-25-21-53(49-13-3-9-45(29-49)40-82)35-62(66)63-36-54(22-26-67(63)86)50-14-4-10-46(30-50)41-83)71(59)70-55(42-84)15-5-17-68(70)85-64-23-19-51(47-11-1-7-43(27-47)38-80)33-60(64)61-34-52(20-24-65(61)85)48-12-2-8-44(28-48)39-81/h1-37H. The van der Waals surface area contributed by atoms with E-state index in [-0.39, 0.29) is 28.3 Å². The van der Waals surface area contributed by atoms with E-state index in [9.17, 15) is 26.3 Å². The second kappa shape index (κ2) is 20.8. The predicted molar refractivity (Wildman–Crippen MR) is 321 cm³/mol. The Balaban J connectivity index is 1.17. The Morgan fingerprint density at radius 1 is 0.279 bits per heavy atom. The monoisotopic (exact) mass is 1130 g/mol. The SMILES string of the molecule is N#Cc1cccc(-c2ccc3c(c2)c2cc(-c4cccc(C#N)c4)ccc2n3-c2cccc(C#N)c2-c2c(-c3cc(C(F)(F)F)cc(C(F)(F)F)c3)cccc2-n2c3ccc(-c4cccc(C#N)c4)cc3c3cc(-c4cccc(C#N)c4)ccc32)c1. The third kappa shape index (κ3) is 9.27. The van der Waals surface area contributed by atoms with Gasteiger partial charge in [-0.3, -0.25) is 0 Å². The highest BCUT2D eigenvalue weighted by Gasteiger charge is 2.38. The molecule has 0 spiro atoms. The molecule has 2 aromatic heterocycles. The molecule has 13 rings (SSSR count). The van der Waals surface area contributed by atoms with E-state index in [0.29, 0.717) is 78.6 Å². The number of hydrogen-bond donors (Lipinski definition) is 0. The molecule has 406 valence electrons. The Morgan fingerprint density at radius 2 is 0.593 bits per heavy atom. The van der Waals surface area contributed by atoms with Crippen molar-refractivity contribution in [2.75, 3.05) is 0 Å². The van der Waals surface area contributed by atoms with Crippen molar-refractivity contribution in [2.45, 2.75) is 12.4 Å². The Hall–Kier alpha value is -12.0. The highest BCUT2D eigenvalue weighted by molar-refractivity contribution is 6.15. The molecule has 0 radical (unpaired) electrons. The van der Waals surface area contributed by atoms with Crippen LogP contribution < -0.4 is 0 Å². The van der Waals surface area contributed by atoms with Gasteiger partial charge in [-0.25, -0.2) is 0 Å². The highest BCUT2D eigenvalue weighted by Crippen LogP contribution is 2.49. The first kappa shape index (κ1) is 53.4. The van der Waals surface area contributed by atoms with E-state index in [1.165, 1.54) is 6.07 Å². The Labute approximate surface area is 487 Å². The van der Waals surface area contributed by atoms with Gasteiger partial charge in [0.1, 0.15) is 0 Å². The largest absolute Gasteiger partial charge is 0.416 e. The number of rotatable bonds is 8. The molecule has 7 nitrogen and oxygen atoms in total. The maximum atomic E-state index is 15.1. The van der Waals surface area contributed by atoms with E-state index < -0.39 is 29.0 Å². The van der Waals surface area contributed by atoms with Crippen LogP contribution >= 0.6 is 0 Å². The summed E-state index contributed by atoms with van der Waals surface area (Å²) in [5.41, 5.74) is 7.66. The van der Waals surface area contributed by atoms with Crippen LogP contribution in [0.2, 0.25) is 0 Å². The molecular weight excluding hydrogens is 1090 g/mol. The van der Waals surface area contributed by atoms with E-state index in [0.717, 1.165) is 55.3 Å². The van der Waals surface area contributed by atoms with Gasteiger partial charge >= 0.3 is 12.4 Å². The Kier molecular flexibility index (Phi) is 12.9. The minimum absolute atomic E-state index is 0.0455. The van der Waals surface area contributed by atoms with Crippen LogP contribution in [0.15, 0.2) is 224 Å². The fraction of sp³-hybridized carbons (Fsp3) is 0.0274. The number of halogens is 6. The van der Waals surface area contributed by atoms with Crippen LogP contribution in [0.3, 0.4) is 0 Å². The lowest BCUT2D eigenvalue weighted by Crippen LogP contribution is -2.11. The van der Waals surface area contributed by atoms with E-state index in [1.54, 1.807) is 103 Å². The normalized spacial score (nSPS) is 11.5. The van der Waals surface area contributed by atoms with E-state index in [4.69, 9.17) is 0 Å². The van der Waals surface area contributed by atoms with Gasteiger partial charge in [0, 0.05) is 32.7 Å². The average Bonchev–Trinajstić information content (AvgIpc) is 1.83. The molecule has 2 heterocycles. The van der Waals surface area contributed by atoms with E-state index in [2.05, 4.69) is 30.3 Å². The molecule has 13 aromatic rings. The summed E-state index contributed by atoms with van der Waals surface area (Å²) in [6.07, 6.45) is -10.4. The van der Waals surface area contributed by atoms with Crippen LogP contribution in [-0.4, -0.2) is 9.13 Å². The highest BCUT2D eigenvalue weighted by atomic mass is 19.4. The lowest BCUT2D eigenvalue weighted by Gasteiger charge is -2.23. The summed E-state index contributed by atoms with van der Waals surface area (Å²) in [7, 11) is 0. The molecule has 0 N–H and O–H groups in total. The molecule has 86 heavy (non-hydrogen) atoms. The van der Waals surface area contributed by atoms with E-state index in [1.807, 2.05) is 106 Å². The van der Waals surface area contributed by atoms with Gasteiger partial charge in [-0.15, -0.1) is 0 Å². The van der Waals surface area contributed by atoms with Crippen molar-refractivity contribution in [1.29, 1.82) is 26.3 Å². The predicted octanol–water partition coefficient (Wildman–Crippen LogP) is 19.3. The Bertz CT molecular complexity index is 4980. The molecule has 13 heteroatoms. The number of aromatic nitrogens is 2. The van der Waals surface area contributed by atoms with Crippen molar-refractivity contribution in [2.24, 2.45) is 0 Å². The fourth-order valence-electron chi connectivity index (χ4n) is 11.8. The summed E-state index contributed by atoms with van der Waals surface area (Å²) in [5, 5.41) is 53.9. The third-order valence-corrected chi connectivity index (χ3v) is 15.7. The maximum Gasteiger partial charge on any atom is 0.416 e. The average molecular weight is 1130 g/mol. The van der Waals surface area contributed by atoms with Gasteiger partial charge in [0.2, 0.25) is 0 Å². The summed E-state index contributed by atoms with van der Waals surface area (Å²) in [6.45, 7) is 0. The van der Waals surface area contributed by atoms with Crippen LogP contribution in [-0.2, 0) is 12.4 Å². The summed E-state index contributed by atoms with van der Waals surface area (Å²) in [6, 6.07) is 74.0. The smallest absolute Gasteiger partial charge is 0.309 e. The number of hydrogen-bond acceptors (Lipinski definition) is 5. The molecule has 0 unspecified atom stereocenters. The van der Waals surface area contributed by atoms with Crippen molar-refractivity contribution in [3.05, 3.63) is 263 Å². The zero-order valence-electron chi connectivity index (χ0n) is 44.8. The molecule has 0 saturated carbocycles. The quantitative estimate of drug-likeness (QED) is 0.140. The third-order valence-electron chi connectivity index (χ3n) is 15.7. The molecular formula is C73H37F6N7. The van der Waals surface area contributed by atoms with Crippen LogP contribution in [0.1, 0.15) is 38.9 Å². The molecule has 0 amide bonds. The molecule has 0 aliphatic rings. The van der Waals surface area contributed by atoms with Gasteiger partial charge in [-0.1, -0.05) is 91.0 Å². The van der Waals surface area contributed by atoms with Crippen molar-refractivity contribution in [1.82, 2.24) is 9.13 Å². The minimum Gasteiger partial charge on any atom is -0.309 e. The first-order valence-corrected chi connectivity index (χ1v) is 26.8. The van der Waals surface area contributed by atoms with Crippen LogP contribution in [0.25, 0.3) is 122 Å². The number of fused-ring (bicyclic) bond motifs is 6. The van der Waals surface area contributed by atoms with Gasteiger partial charge in [0.05, 0.1) is 103 Å². The first-order chi connectivity index (χ1) is 41.6. The molecule has 0 saturated heterocycles. The van der Waals surface area contributed by atoms with Crippen molar-refractivity contribution in [3.63, 3.8) is 0 Å². The molecule has 11 aromatic carbocycles. The number of benzene rings is 11. The van der Waals surface area contributed by atoms with Crippen molar-refractivity contribution in [3.8, 4) is 108 Å². The number of nitrogens with zero attached hydrogens (tertiary/aromatic N) is 7. The number of alkyl halides is 6. The second-order valence-electron chi connectivity index (χ2n) is 20.7. The van der Waals surface area contributed by atoms with Gasteiger partial charge in [-0.05, 0) is 189 Å². The van der Waals surface area contributed by atoms with E-state index >= 15 is 26.3 Å². The minimum atomic E-state index is -5.21. The molecule has 0 atom stereocenters. The van der Waals surface area contributed by atoms with Gasteiger partial charge in [0.15, 0.2) is 0 Å². The fourth-order valence-corrected chi connectivity index (χ4v) is 11.8. The summed E-state index contributed by atoms with van der Waals surface area (Å²) < 4.78 is 94.2. The second-order valence-corrected chi connectivity index (χ2v) is 20.7. The van der Waals surface area contributed by atoms with Crippen molar-refractivity contribution < 1.29 is 26.3 Å². The summed E-state index contributed by atoms with van der Waals surface area (Å²) in [4.78, 5) is 0. The Morgan fingerprint density at radius 3 is 0.919 bits per heavy atom. The van der Waals surface area contributed by atoms with Crippen molar-refractivity contribution >= 4 is 43.6 Å². The van der Waals surface area contributed by atoms with Crippen LogP contribution in [0.5, 0.6) is 0 Å². The summed E-state index contributed by atoms with van der Waals surface area (Å²) in [5.74, 6) is 0. The molecule has 0 bridgehead atoms. The molecule has 0 aliphatic heterocycles. The zero-order valence-corrected chi connectivity index (χ0v) is 44.8. The lowest BCUT2D eigenvalue weighted by atomic mass is 9.87. The van der Waals surface area contributed by atoms with Gasteiger partial charge < -0.3 is 9.13 Å². The topological polar surface area (TPSA) is 129 Å². The maximum absolute atomic E-state index is 15.1. The molecule has 0 aliphatic carbocycles. The zero-order chi connectivity index (χ0) is 59.6. The van der Waals surface area contributed by atoms with Crippen LogP contribution in [0.4, 0.5) is 26.3 Å². The number of nitriles is 5. The first-order valence-electron chi connectivity index (χ1n) is 26.8. The molecule has 0 fully saturated rings. The summed E-state index contributed by atoms with van der Waals surface area (Å²) >= 11 is 0. The van der Waals surface area contributed by atoms with Gasteiger partial charge in [0.25, 0.3) is 0 Å². The van der Waals surface area contributed by atoms with Crippen LogP contribution in [0, 0.1) is 56.7 Å².